The second-order valence-electron chi connectivity index (χ2n) is 10.4. The Morgan fingerprint density at radius 1 is 1.03 bits per heavy atom. The number of benzene rings is 2. The standard InChI is InChI=1S/C28H35N7O/c1-6-28(4,5)35-26(30-31-32-35)25(34-16-14-33(15-17-34)22-10-8-7-9-11-22)23-18-21-13-12-19(2)20(3)24(21)29-27(23)36/h7-13,18,25H,6,14-17H2,1-5H3,(H,29,36). The smallest absolute Gasteiger partial charge is 0.253 e. The topological polar surface area (TPSA) is 82.9 Å². The molecular weight excluding hydrogens is 450 g/mol. The maximum absolute atomic E-state index is 13.6. The fourth-order valence-electron chi connectivity index (χ4n) is 5.07. The van der Waals surface area contributed by atoms with Crippen LogP contribution in [0.5, 0.6) is 0 Å². The van der Waals surface area contributed by atoms with Gasteiger partial charge in [-0.2, -0.15) is 0 Å². The van der Waals surface area contributed by atoms with Crippen molar-refractivity contribution in [1.29, 1.82) is 0 Å². The molecule has 1 fully saturated rings. The molecule has 2 aromatic heterocycles. The van der Waals surface area contributed by atoms with Gasteiger partial charge in [0.05, 0.1) is 11.1 Å². The van der Waals surface area contributed by atoms with E-state index in [0.717, 1.165) is 54.6 Å². The predicted molar refractivity (Wildman–Crippen MR) is 144 cm³/mol. The lowest BCUT2D eigenvalue weighted by atomic mass is 9.97. The lowest BCUT2D eigenvalue weighted by Gasteiger charge is -2.40. The van der Waals surface area contributed by atoms with Crippen molar-refractivity contribution in [3.05, 3.63) is 81.4 Å². The molecule has 0 radical (unpaired) electrons. The molecule has 8 nitrogen and oxygen atoms in total. The Labute approximate surface area is 211 Å². The minimum absolute atomic E-state index is 0.0875. The van der Waals surface area contributed by atoms with Crippen molar-refractivity contribution in [2.45, 2.75) is 52.6 Å². The first kappa shape index (κ1) is 24.2. The van der Waals surface area contributed by atoms with E-state index in [4.69, 9.17) is 0 Å². The lowest BCUT2D eigenvalue weighted by Crippen LogP contribution is -2.49. The zero-order chi connectivity index (χ0) is 25.4. The number of pyridine rings is 1. The number of tetrazole rings is 1. The van der Waals surface area contributed by atoms with Crippen molar-refractivity contribution >= 4 is 16.6 Å². The fraction of sp³-hybridized carbons (Fsp3) is 0.429. The van der Waals surface area contributed by atoms with E-state index in [2.05, 4.69) is 101 Å². The van der Waals surface area contributed by atoms with Gasteiger partial charge in [0, 0.05) is 37.4 Å². The van der Waals surface area contributed by atoms with Gasteiger partial charge in [0.1, 0.15) is 6.04 Å². The number of nitrogens with one attached hydrogen (secondary N) is 1. The lowest BCUT2D eigenvalue weighted by molar-refractivity contribution is 0.186. The van der Waals surface area contributed by atoms with Crippen LogP contribution in [-0.2, 0) is 5.54 Å². The van der Waals surface area contributed by atoms with Crippen molar-refractivity contribution in [2.24, 2.45) is 0 Å². The highest BCUT2D eigenvalue weighted by Crippen LogP contribution is 2.32. The average molecular weight is 486 g/mol. The molecule has 1 aliphatic rings. The molecule has 5 rings (SSSR count). The van der Waals surface area contributed by atoms with Gasteiger partial charge >= 0.3 is 0 Å². The molecule has 4 aromatic rings. The summed E-state index contributed by atoms with van der Waals surface area (Å²) in [7, 11) is 0. The second kappa shape index (κ2) is 9.50. The van der Waals surface area contributed by atoms with Gasteiger partial charge in [-0.1, -0.05) is 37.3 Å². The number of anilines is 1. The SMILES string of the molecule is CCC(C)(C)n1nnnc1C(c1cc2ccc(C)c(C)c2[nH]c1=O)N1CCN(c2ccccc2)CC1. The molecule has 1 N–H and O–H groups in total. The molecule has 0 saturated carbocycles. The normalized spacial score (nSPS) is 16.0. The number of rotatable bonds is 6. The summed E-state index contributed by atoms with van der Waals surface area (Å²) >= 11 is 0. The van der Waals surface area contributed by atoms with Crippen LogP contribution in [0, 0.1) is 13.8 Å². The number of H-pyrrole nitrogens is 1. The molecule has 1 aliphatic heterocycles. The van der Waals surface area contributed by atoms with E-state index >= 15 is 0 Å². The zero-order valence-electron chi connectivity index (χ0n) is 21.8. The quantitative estimate of drug-likeness (QED) is 0.441. The minimum Gasteiger partial charge on any atom is -0.369 e. The van der Waals surface area contributed by atoms with Gasteiger partial charge in [-0.3, -0.25) is 9.69 Å². The van der Waals surface area contributed by atoms with Gasteiger partial charge in [0.2, 0.25) is 0 Å². The zero-order valence-corrected chi connectivity index (χ0v) is 21.8. The molecular formula is C28H35N7O. The van der Waals surface area contributed by atoms with Gasteiger partial charge in [-0.25, -0.2) is 4.68 Å². The number of aromatic amines is 1. The molecule has 0 aliphatic carbocycles. The van der Waals surface area contributed by atoms with Gasteiger partial charge in [0.15, 0.2) is 5.82 Å². The molecule has 1 unspecified atom stereocenters. The van der Waals surface area contributed by atoms with E-state index in [0.29, 0.717) is 11.4 Å². The summed E-state index contributed by atoms with van der Waals surface area (Å²) < 4.78 is 1.91. The number of aromatic nitrogens is 5. The Bertz CT molecular complexity index is 1420. The van der Waals surface area contributed by atoms with Gasteiger partial charge in [-0.15, -0.1) is 5.10 Å². The third-order valence-corrected chi connectivity index (χ3v) is 7.85. The maximum Gasteiger partial charge on any atom is 0.253 e. The molecule has 3 heterocycles. The van der Waals surface area contributed by atoms with Crippen LogP contribution in [0.25, 0.3) is 10.9 Å². The Hall–Kier alpha value is -3.52. The van der Waals surface area contributed by atoms with Crippen LogP contribution in [0.4, 0.5) is 5.69 Å². The molecule has 2 aromatic carbocycles. The van der Waals surface area contributed by atoms with Crippen molar-refractivity contribution in [1.82, 2.24) is 30.1 Å². The number of para-hydroxylation sites is 1. The molecule has 188 valence electrons. The predicted octanol–water partition coefficient (Wildman–Crippen LogP) is 4.19. The summed E-state index contributed by atoms with van der Waals surface area (Å²) in [4.78, 5) is 21.6. The summed E-state index contributed by atoms with van der Waals surface area (Å²) in [6.45, 7) is 13.8. The third kappa shape index (κ3) is 4.30. The summed E-state index contributed by atoms with van der Waals surface area (Å²) in [5, 5.41) is 14.0. The third-order valence-electron chi connectivity index (χ3n) is 7.85. The van der Waals surface area contributed by atoms with Crippen molar-refractivity contribution < 1.29 is 0 Å². The van der Waals surface area contributed by atoms with Crippen LogP contribution in [0.15, 0.2) is 53.3 Å². The molecule has 0 bridgehead atoms. The van der Waals surface area contributed by atoms with Crippen LogP contribution in [-0.4, -0.2) is 56.3 Å². The number of hydrogen-bond acceptors (Lipinski definition) is 6. The fourth-order valence-corrected chi connectivity index (χ4v) is 5.07. The molecule has 1 saturated heterocycles. The summed E-state index contributed by atoms with van der Waals surface area (Å²) in [6, 6.07) is 16.4. The van der Waals surface area contributed by atoms with Crippen LogP contribution >= 0.6 is 0 Å². The minimum atomic E-state index is -0.349. The van der Waals surface area contributed by atoms with Crippen LogP contribution in [0.3, 0.4) is 0 Å². The van der Waals surface area contributed by atoms with E-state index in [-0.39, 0.29) is 17.1 Å². The van der Waals surface area contributed by atoms with Crippen molar-refractivity contribution in [3.8, 4) is 0 Å². The monoisotopic (exact) mass is 485 g/mol. The summed E-state index contributed by atoms with van der Waals surface area (Å²) in [6.07, 6.45) is 0.867. The highest BCUT2D eigenvalue weighted by molar-refractivity contribution is 5.83. The summed E-state index contributed by atoms with van der Waals surface area (Å²) in [5.74, 6) is 0.712. The van der Waals surface area contributed by atoms with E-state index in [1.165, 1.54) is 5.69 Å². The molecule has 36 heavy (non-hydrogen) atoms. The average Bonchev–Trinajstić information content (AvgIpc) is 3.39. The van der Waals surface area contributed by atoms with Gasteiger partial charge in [-0.05, 0) is 79.3 Å². The highest BCUT2D eigenvalue weighted by atomic mass is 16.1. The van der Waals surface area contributed by atoms with E-state index in [1.54, 1.807) is 0 Å². The number of hydrogen-bond donors (Lipinski definition) is 1. The Morgan fingerprint density at radius 2 is 1.75 bits per heavy atom. The van der Waals surface area contributed by atoms with Gasteiger partial charge < -0.3 is 9.88 Å². The van der Waals surface area contributed by atoms with E-state index in [1.807, 2.05) is 16.8 Å². The van der Waals surface area contributed by atoms with Crippen LogP contribution in [0.1, 0.15) is 55.7 Å². The summed E-state index contributed by atoms with van der Waals surface area (Å²) in [5.41, 5.74) is 4.69. The first-order chi connectivity index (χ1) is 17.3. The first-order valence-corrected chi connectivity index (χ1v) is 12.8. The molecule has 1 atom stereocenters. The van der Waals surface area contributed by atoms with Gasteiger partial charge in [0.25, 0.3) is 5.56 Å². The Kier molecular flexibility index (Phi) is 6.38. The molecule has 0 amide bonds. The molecule has 0 spiro atoms. The van der Waals surface area contributed by atoms with E-state index < -0.39 is 0 Å². The number of nitrogens with zero attached hydrogens (tertiary/aromatic N) is 6. The highest BCUT2D eigenvalue weighted by Gasteiger charge is 2.35. The first-order valence-electron chi connectivity index (χ1n) is 12.8. The van der Waals surface area contributed by atoms with Crippen molar-refractivity contribution in [2.75, 3.05) is 31.1 Å². The molecule has 8 heteroatoms. The largest absolute Gasteiger partial charge is 0.369 e. The maximum atomic E-state index is 13.6. The van der Waals surface area contributed by atoms with Crippen LogP contribution < -0.4 is 10.5 Å². The van der Waals surface area contributed by atoms with Crippen molar-refractivity contribution in [3.63, 3.8) is 0 Å². The van der Waals surface area contributed by atoms with Crippen LogP contribution in [0.2, 0.25) is 0 Å². The Morgan fingerprint density at radius 3 is 2.44 bits per heavy atom. The second-order valence-corrected chi connectivity index (χ2v) is 10.4. The Balaban J connectivity index is 1.59. The van der Waals surface area contributed by atoms with E-state index in [9.17, 15) is 4.79 Å². The number of piperazine rings is 1. The number of aryl methyl sites for hydroxylation is 2. The number of fused-ring (bicyclic) bond motifs is 1.